The number of rotatable bonds is 4. The summed E-state index contributed by atoms with van der Waals surface area (Å²) in [5.74, 6) is 1.17. The number of nitrogens with one attached hydrogen (secondary N) is 1. The Bertz CT molecular complexity index is 559. The molecule has 1 saturated heterocycles. The highest BCUT2D eigenvalue weighted by Crippen LogP contribution is 2.41. The molecule has 5 heteroatoms. The molecule has 0 radical (unpaired) electrons. The van der Waals surface area contributed by atoms with Crippen LogP contribution in [0.5, 0.6) is 0 Å². The van der Waals surface area contributed by atoms with E-state index in [0.29, 0.717) is 11.6 Å². The fourth-order valence-electron chi connectivity index (χ4n) is 4.39. The van der Waals surface area contributed by atoms with E-state index in [0.717, 1.165) is 37.6 Å². The molecule has 2 heterocycles. The summed E-state index contributed by atoms with van der Waals surface area (Å²) in [4.78, 5) is 19.4. The van der Waals surface area contributed by atoms with Crippen molar-refractivity contribution in [1.82, 2.24) is 15.2 Å². The SMILES string of the molecule is O=C(N[C@@H]1CCCN(C2CCCCCC2)C1)c1ncoc1C1CC1. The van der Waals surface area contributed by atoms with Gasteiger partial charge in [-0.15, -0.1) is 0 Å². The Morgan fingerprint density at radius 2 is 1.88 bits per heavy atom. The topological polar surface area (TPSA) is 58.4 Å². The molecule has 3 aliphatic rings. The van der Waals surface area contributed by atoms with Crippen LogP contribution in [0.15, 0.2) is 10.8 Å². The summed E-state index contributed by atoms with van der Waals surface area (Å²) in [5.41, 5.74) is 0.518. The summed E-state index contributed by atoms with van der Waals surface area (Å²) < 4.78 is 5.45. The van der Waals surface area contributed by atoms with Gasteiger partial charge in [0.05, 0.1) is 0 Å². The van der Waals surface area contributed by atoms with Crippen LogP contribution < -0.4 is 5.32 Å². The molecule has 1 aromatic rings. The smallest absolute Gasteiger partial charge is 0.273 e. The molecule has 4 rings (SSSR count). The maximum Gasteiger partial charge on any atom is 0.273 e. The van der Waals surface area contributed by atoms with E-state index in [4.69, 9.17) is 4.42 Å². The van der Waals surface area contributed by atoms with Crippen LogP contribution in [0.2, 0.25) is 0 Å². The van der Waals surface area contributed by atoms with Crippen LogP contribution >= 0.6 is 0 Å². The van der Waals surface area contributed by atoms with E-state index in [9.17, 15) is 4.79 Å². The Morgan fingerprint density at radius 1 is 1.08 bits per heavy atom. The van der Waals surface area contributed by atoms with E-state index in [2.05, 4.69) is 15.2 Å². The van der Waals surface area contributed by atoms with Crippen LogP contribution in [0.1, 0.15) is 86.4 Å². The van der Waals surface area contributed by atoms with E-state index in [1.165, 1.54) is 57.9 Å². The number of nitrogens with zero attached hydrogens (tertiary/aromatic N) is 2. The van der Waals surface area contributed by atoms with Crippen molar-refractivity contribution < 1.29 is 9.21 Å². The van der Waals surface area contributed by atoms with Gasteiger partial charge in [0.25, 0.3) is 5.91 Å². The zero-order chi connectivity index (χ0) is 16.4. The van der Waals surface area contributed by atoms with Crippen molar-refractivity contribution >= 4 is 5.91 Å². The highest BCUT2D eigenvalue weighted by Gasteiger charge is 2.34. The fourth-order valence-corrected chi connectivity index (χ4v) is 4.39. The first-order valence-corrected chi connectivity index (χ1v) is 9.79. The van der Waals surface area contributed by atoms with Crippen LogP contribution in [-0.4, -0.2) is 41.0 Å². The number of carbonyl (C=O) groups excluding carboxylic acids is 1. The minimum absolute atomic E-state index is 0.0432. The molecule has 1 atom stereocenters. The van der Waals surface area contributed by atoms with Crippen LogP contribution in [0.25, 0.3) is 0 Å². The standard InChI is InChI=1S/C19H29N3O2/c23-19(17-18(14-9-10-14)24-13-20-17)21-15-6-5-11-22(12-15)16-7-3-1-2-4-8-16/h13-16H,1-12H2,(H,21,23)/t15-/m1/s1. The quantitative estimate of drug-likeness (QED) is 0.858. The molecular weight excluding hydrogens is 302 g/mol. The number of amides is 1. The van der Waals surface area contributed by atoms with Crippen molar-refractivity contribution in [2.45, 2.75) is 82.2 Å². The summed E-state index contributed by atoms with van der Waals surface area (Å²) in [7, 11) is 0. The maximum absolute atomic E-state index is 12.6. The Balaban J connectivity index is 1.35. The Hall–Kier alpha value is -1.36. The number of oxazole rings is 1. The fraction of sp³-hybridized carbons (Fsp3) is 0.789. The summed E-state index contributed by atoms with van der Waals surface area (Å²) in [6.07, 6.45) is 14.1. The van der Waals surface area contributed by atoms with Gasteiger partial charge in [0.1, 0.15) is 5.76 Å². The maximum atomic E-state index is 12.6. The second-order valence-electron chi connectivity index (χ2n) is 7.79. The number of likely N-dealkylation sites (tertiary alicyclic amines) is 1. The van der Waals surface area contributed by atoms with Crippen LogP contribution in [0.4, 0.5) is 0 Å². The zero-order valence-electron chi connectivity index (χ0n) is 14.5. The summed E-state index contributed by atoms with van der Waals surface area (Å²) >= 11 is 0. The van der Waals surface area contributed by atoms with E-state index in [-0.39, 0.29) is 11.9 Å². The second-order valence-corrected chi connectivity index (χ2v) is 7.79. The van der Waals surface area contributed by atoms with Crippen molar-refractivity contribution in [2.75, 3.05) is 13.1 Å². The first-order chi connectivity index (χ1) is 11.8. The first kappa shape index (κ1) is 16.1. The van der Waals surface area contributed by atoms with Gasteiger partial charge in [-0.05, 0) is 45.1 Å². The highest BCUT2D eigenvalue weighted by atomic mass is 16.3. The minimum Gasteiger partial charge on any atom is -0.447 e. The molecule has 3 fully saturated rings. The van der Waals surface area contributed by atoms with Crippen molar-refractivity contribution in [3.05, 3.63) is 17.8 Å². The average Bonchev–Trinajstić information content (AvgIpc) is 3.38. The van der Waals surface area contributed by atoms with Crippen LogP contribution in [-0.2, 0) is 0 Å². The molecule has 0 spiro atoms. The highest BCUT2D eigenvalue weighted by molar-refractivity contribution is 5.93. The minimum atomic E-state index is -0.0432. The largest absolute Gasteiger partial charge is 0.447 e. The van der Waals surface area contributed by atoms with Crippen molar-refractivity contribution in [3.63, 3.8) is 0 Å². The lowest BCUT2D eigenvalue weighted by Crippen LogP contribution is -2.51. The predicted octanol–water partition coefficient (Wildman–Crippen LogP) is 3.47. The number of aromatic nitrogens is 1. The zero-order valence-corrected chi connectivity index (χ0v) is 14.5. The number of hydrogen-bond acceptors (Lipinski definition) is 4. The molecule has 1 N–H and O–H groups in total. The van der Waals surface area contributed by atoms with Gasteiger partial charge in [-0.3, -0.25) is 9.69 Å². The van der Waals surface area contributed by atoms with E-state index < -0.39 is 0 Å². The first-order valence-electron chi connectivity index (χ1n) is 9.79. The normalized spacial score (nSPS) is 26.9. The Morgan fingerprint density at radius 3 is 2.62 bits per heavy atom. The van der Waals surface area contributed by atoms with E-state index in [1.807, 2.05) is 0 Å². The second kappa shape index (κ2) is 7.26. The molecule has 1 aromatic heterocycles. The molecule has 5 nitrogen and oxygen atoms in total. The Kier molecular flexibility index (Phi) is 4.88. The third-order valence-corrected chi connectivity index (χ3v) is 5.89. The number of carbonyl (C=O) groups is 1. The van der Waals surface area contributed by atoms with E-state index in [1.54, 1.807) is 0 Å². The molecule has 2 saturated carbocycles. The third-order valence-electron chi connectivity index (χ3n) is 5.89. The Labute approximate surface area is 144 Å². The van der Waals surface area contributed by atoms with Crippen LogP contribution in [0, 0.1) is 0 Å². The molecule has 2 aliphatic carbocycles. The molecular formula is C19H29N3O2. The predicted molar refractivity (Wildman–Crippen MR) is 92.0 cm³/mol. The van der Waals surface area contributed by atoms with Crippen molar-refractivity contribution in [2.24, 2.45) is 0 Å². The van der Waals surface area contributed by atoms with Crippen LogP contribution in [0.3, 0.4) is 0 Å². The number of piperidine rings is 1. The van der Waals surface area contributed by atoms with Gasteiger partial charge in [0.2, 0.25) is 0 Å². The van der Waals surface area contributed by atoms with Gasteiger partial charge in [-0.25, -0.2) is 4.98 Å². The third kappa shape index (κ3) is 3.66. The molecule has 132 valence electrons. The molecule has 0 bridgehead atoms. The lowest BCUT2D eigenvalue weighted by Gasteiger charge is -2.38. The van der Waals surface area contributed by atoms with E-state index >= 15 is 0 Å². The lowest BCUT2D eigenvalue weighted by atomic mass is 9.99. The molecule has 0 aromatic carbocycles. The number of hydrogen-bond donors (Lipinski definition) is 1. The summed E-state index contributed by atoms with van der Waals surface area (Å²) in [6, 6.07) is 0.972. The van der Waals surface area contributed by atoms with Crippen molar-refractivity contribution in [1.29, 1.82) is 0 Å². The molecule has 1 aliphatic heterocycles. The monoisotopic (exact) mass is 331 g/mol. The van der Waals surface area contributed by atoms with Crippen molar-refractivity contribution in [3.8, 4) is 0 Å². The van der Waals surface area contributed by atoms with Gasteiger partial charge in [0, 0.05) is 24.5 Å². The van der Waals surface area contributed by atoms with Gasteiger partial charge in [0.15, 0.2) is 12.1 Å². The summed E-state index contributed by atoms with van der Waals surface area (Å²) in [6.45, 7) is 2.18. The van der Waals surface area contributed by atoms with Gasteiger partial charge in [-0.2, -0.15) is 0 Å². The lowest BCUT2D eigenvalue weighted by molar-refractivity contribution is 0.0854. The summed E-state index contributed by atoms with van der Waals surface area (Å²) in [5, 5.41) is 3.23. The van der Waals surface area contributed by atoms with Gasteiger partial charge >= 0.3 is 0 Å². The molecule has 1 amide bonds. The van der Waals surface area contributed by atoms with Gasteiger partial charge in [-0.1, -0.05) is 25.7 Å². The molecule has 0 unspecified atom stereocenters. The van der Waals surface area contributed by atoms with Gasteiger partial charge < -0.3 is 9.73 Å². The molecule has 24 heavy (non-hydrogen) atoms. The average molecular weight is 331 g/mol.